The number of unbranched alkanes of at least 4 members (excludes halogenated alkanes) is 29. The average molecular weight is 909 g/mol. The number of ether oxygens (including phenoxy) is 3. The van der Waals surface area contributed by atoms with Gasteiger partial charge in [0.25, 0.3) is 0 Å². The number of carbonyl (C=O) groups is 3. The third kappa shape index (κ3) is 51.9. The predicted molar refractivity (Wildman–Crippen MR) is 279 cm³/mol. The average Bonchev–Trinajstić information content (AvgIpc) is 3.30. The van der Waals surface area contributed by atoms with E-state index in [0.29, 0.717) is 19.3 Å². The molecule has 0 aliphatic carbocycles. The normalized spacial score (nSPS) is 12.5. The zero-order valence-electron chi connectivity index (χ0n) is 43.0. The number of hydrogen-bond acceptors (Lipinski definition) is 6. The molecule has 1 atom stereocenters. The summed E-state index contributed by atoms with van der Waals surface area (Å²) in [7, 11) is 0. The van der Waals surface area contributed by atoms with Crippen LogP contribution < -0.4 is 0 Å². The first kappa shape index (κ1) is 62.1. The second-order valence-corrected chi connectivity index (χ2v) is 18.5. The number of hydrogen-bond donors (Lipinski definition) is 0. The van der Waals surface area contributed by atoms with Crippen molar-refractivity contribution in [3.63, 3.8) is 0 Å². The molecule has 0 N–H and O–H groups in total. The van der Waals surface area contributed by atoms with Crippen LogP contribution in [0.25, 0.3) is 0 Å². The van der Waals surface area contributed by atoms with Gasteiger partial charge < -0.3 is 14.2 Å². The van der Waals surface area contributed by atoms with Gasteiger partial charge in [0, 0.05) is 19.3 Å². The summed E-state index contributed by atoms with van der Waals surface area (Å²) in [6.07, 6.45) is 66.3. The Labute approximate surface area is 402 Å². The van der Waals surface area contributed by atoms with Gasteiger partial charge >= 0.3 is 17.9 Å². The second kappa shape index (κ2) is 53.7. The highest BCUT2D eigenvalue weighted by atomic mass is 16.6. The lowest BCUT2D eigenvalue weighted by molar-refractivity contribution is -0.167. The van der Waals surface area contributed by atoms with Crippen molar-refractivity contribution >= 4 is 17.9 Å². The quantitative estimate of drug-likeness (QED) is 0.0262. The first-order valence-corrected chi connectivity index (χ1v) is 27.8. The van der Waals surface area contributed by atoms with E-state index < -0.39 is 6.10 Å². The fourth-order valence-corrected chi connectivity index (χ4v) is 7.80. The molecule has 6 heteroatoms. The molecular weight excluding hydrogens is 805 g/mol. The highest BCUT2D eigenvalue weighted by Gasteiger charge is 2.19. The third-order valence-electron chi connectivity index (χ3n) is 12.0. The van der Waals surface area contributed by atoms with Gasteiger partial charge in [-0.3, -0.25) is 14.4 Å². The third-order valence-corrected chi connectivity index (χ3v) is 12.0. The van der Waals surface area contributed by atoms with Crippen molar-refractivity contribution in [2.24, 2.45) is 0 Å². The summed E-state index contributed by atoms with van der Waals surface area (Å²) >= 11 is 0. The smallest absolute Gasteiger partial charge is 0.306 e. The van der Waals surface area contributed by atoms with Crippen LogP contribution >= 0.6 is 0 Å². The molecule has 0 saturated heterocycles. The SMILES string of the molecule is CC/C=C\C/C=C\C/C=C\CCCCCCCC(=O)O[C@@H](COC(=O)CCCCCCC/C=C\CCCCCC)COC(=O)CCCCCCCCCCC/C=C\CCCCCCCC. The van der Waals surface area contributed by atoms with Crippen LogP contribution in [-0.2, 0) is 28.6 Å². The summed E-state index contributed by atoms with van der Waals surface area (Å²) in [6, 6.07) is 0. The van der Waals surface area contributed by atoms with Gasteiger partial charge in [0.05, 0.1) is 0 Å². The van der Waals surface area contributed by atoms with Crippen LogP contribution in [0.2, 0.25) is 0 Å². The monoisotopic (exact) mass is 909 g/mol. The fraction of sp³-hybridized carbons (Fsp3) is 0.780. The molecule has 0 aliphatic rings. The molecule has 376 valence electrons. The molecule has 0 heterocycles. The zero-order valence-corrected chi connectivity index (χ0v) is 43.0. The van der Waals surface area contributed by atoms with Crippen molar-refractivity contribution in [3.05, 3.63) is 60.8 Å². The molecule has 0 aromatic heterocycles. The largest absolute Gasteiger partial charge is 0.462 e. The summed E-state index contributed by atoms with van der Waals surface area (Å²) in [5, 5.41) is 0. The summed E-state index contributed by atoms with van der Waals surface area (Å²) in [5.74, 6) is -0.905. The Bertz CT molecular complexity index is 1180. The molecule has 0 bridgehead atoms. The Morgan fingerprint density at radius 1 is 0.323 bits per heavy atom. The van der Waals surface area contributed by atoms with E-state index in [2.05, 4.69) is 81.5 Å². The molecule has 0 aromatic rings. The standard InChI is InChI=1S/C59H104O6/c1-4-7-10-13-16-19-22-25-27-28-29-30-32-34-37-40-43-46-49-52-58(61)64-55-56(54-63-57(60)51-48-45-42-39-36-33-24-21-18-15-12-9-6-3)65-59(62)53-50-47-44-41-38-35-31-26-23-20-17-14-11-8-5-2/h8,11,17,20-21,24-27,31,56H,4-7,9-10,12-16,18-19,22-23,28-30,32-55H2,1-3H3/b11-8-,20-17-,24-21-,27-25-,31-26-/t56-/m0/s1. The molecule has 0 aromatic carbocycles. The van der Waals surface area contributed by atoms with Gasteiger partial charge in [-0.05, 0) is 103 Å². The minimum absolute atomic E-state index is 0.0842. The number of allylic oxidation sites excluding steroid dienone is 10. The van der Waals surface area contributed by atoms with Crippen molar-refractivity contribution < 1.29 is 28.6 Å². The van der Waals surface area contributed by atoms with Gasteiger partial charge in [-0.1, -0.05) is 216 Å². The lowest BCUT2D eigenvalue weighted by atomic mass is 10.1. The Balaban J connectivity index is 4.37. The van der Waals surface area contributed by atoms with Gasteiger partial charge in [0.2, 0.25) is 0 Å². The van der Waals surface area contributed by atoms with E-state index in [1.54, 1.807) is 0 Å². The van der Waals surface area contributed by atoms with Crippen molar-refractivity contribution in [3.8, 4) is 0 Å². The Hall–Kier alpha value is -2.89. The first-order valence-electron chi connectivity index (χ1n) is 27.8. The Morgan fingerprint density at radius 2 is 0.600 bits per heavy atom. The maximum Gasteiger partial charge on any atom is 0.306 e. The van der Waals surface area contributed by atoms with Crippen LogP contribution in [0.15, 0.2) is 60.8 Å². The maximum absolute atomic E-state index is 12.8. The minimum atomic E-state index is -0.786. The molecule has 0 fully saturated rings. The topological polar surface area (TPSA) is 78.9 Å². The van der Waals surface area contributed by atoms with Crippen molar-refractivity contribution in [2.75, 3.05) is 13.2 Å². The highest BCUT2D eigenvalue weighted by Crippen LogP contribution is 2.15. The molecule has 0 unspecified atom stereocenters. The molecule has 6 nitrogen and oxygen atoms in total. The number of carbonyl (C=O) groups excluding carboxylic acids is 3. The summed E-state index contributed by atoms with van der Waals surface area (Å²) in [6.45, 7) is 6.50. The molecule has 65 heavy (non-hydrogen) atoms. The van der Waals surface area contributed by atoms with E-state index in [-0.39, 0.29) is 31.1 Å². The van der Waals surface area contributed by atoms with Crippen molar-refractivity contribution in [2.45, 2.75) is 284 Å². The molecule has 0 amide bonds. The predicted octanol–water partition coefficient (Wildman–Crippen LogP) is 18.4. The Morgan fingerprint density at radius 3 is 0.969 bits per heavy atom. The van der Waals surface area contributed by atoms with E-state index in [1.807, 2.05) is 0 Å². The minimum Gasteiger partial charge on any atom is -0.462 e. The molecule has 0 aliphatic heterocycles. The van der Waals surface area contributed by atoms with Gasteiger partial charge in [0.15, 0.2) is 6.10 Å². The van der Waals surface area contributed by atoms with E-state index in [0.717, 1.165) is 103 Å². The van der Waals surface area contributed by atoms with Crippen LogP contribution in [0.3, 0.4) is 0 Å². The van der Waals surface area contributed by atoms with Crippen molar-refractivity contribution in [1.82, 2.24) is 0 Å². The van der Waals surface area contributed by atoms with Gasteiger partial charge in [-0.2, -0.15) is 0 Å². The second-order valence-electron chi connectivity index (χ2n) is 18.5. The maximum atomic E-state index is 12.8. The van der Waals surface area contributed by atoms with Crippen LogP contribution in [0.4, 0.5) is 0 Å². The molecule has 0 rings (SSSR count). The number of rotatable bonds is 50. The lowest BCUT2D eigenvalue weighted by Crippen LogP contribution is -2.30. The van der Waals surface area contributed by atoms with Crippen LogP contribution in [-0.4, -0.2) is 37.2 Å². The van der Waals surface area contributed by atoms with Crippen LogP contribution in [0, 0.1) is 0 Å². The summed E-state index contributed by atoms with van der Waals surface area (Å²) in [4.78, 5) is 38.1. The first-order chi connectivity index (χ1) is 32.0. The highest BCUT2D eigenvalue weighted by molar-refractivity contribution is 5.71. The van der Waals surface area contributed by atoms with Crippen molar-refractivity contribution in [1.29, 1.82) is 0 Å². The fourth-order valence-electron chi connectivity index (χ4n) is 7.80. The van der Waals surface area contributed by atoms with E-state index >= 15 is 0 Å². The van der Waals surface area contributed by atoms with Gasteiger partial charge in [-0.15, -0.1) is 0 Å². The summed E-state index contributed by atoms with van der Waals surface area (Å²) < 4.78 is 16.8. The number of esters is 3. The lowest BCUT2D eigenvalue weighted by Gasteiger charge is -2.18. The Kier molecular flexibility index (Phi) is 51.3. The molecular formula is C59H104O6. The van der Waals surface area contributed by atoms with E-state index in [1.165, 1.54) is 135 Å². The van der Waals surface area contributed by atoms with Gasteiger partial charge in [0.1, 0.15) is 13.2 Å². The van der Waals surface area contributed by atoms with Gasteiger partial charge in [-0.25, -0.2) is 0 Å². The summed E-state index contributed by atoms with van der Waals surface area (Å²) in [5.41, 5.74) is 0. The van der Waals surface area contributed by atoms with E-state index in [9.17, 15) is 14.4 Å². The molecule has 0 spiro atoms. The van der Waals surface area contributed by atoms with Crippen LogP contribution in [0.5, 0.6) is 0 Å². The molecule has 0 saturated carbocycles. The van der Waals surface area contributed by atoms with E-state index in [4.69, 9.17) is 14.2 Å². The van der Waals surface area contributed by atoms with Crippen LogP contribution in [0.1, 0.15) is 278 Å². The molecule has 0 radical (unpaired) electrons. The zero-order chi connectivity index (χ0) is 47.2.